The molecule has 26 heavy (non-hydrogen) atoms. The molecule has 3 aliphatic rings. The van der Waals surface area contributed by atoms with Crippen molar-refractivity contribution < 1.29 is 9.53 Å². The van der Waals surface area contributed by atoms with Gasteiger partial charge in [0.2, 0.25) is 0 Å². The zero-order valence-electron chi connectivity index (χ0n) is 14.7. The molecule has 4 nitrogen and oxygen atoms in total. The summed E-state index contributed by atoms with van der Waals surface area (Å²) in [4.78, 5) is 17.1. The molecule has 2 bridgehead atoms. The van der Waals surface area contributed by atoms with E-state index in [0.29, 0.717) is 10.9 Å². The number of hydrogen-bond donors (Lipinski definition) is 0. The van der Waals surface area contributed by atoms with E-state index in [0.717, 1.165) is 43.9 Å². The Morgan fingerprint density at radius 2 is 1.69 bits per heavy atom. The molecule has 0 saturated carbocycles. The number of ether oxygens (including phenoxy) is 1. The van der Waals surface area contributed by atoms with Crippen molar-refractivity contribution >= 4 is 28.9 Å². The van der Waals surface area contributed by atoms with E-state index in [1.54, 1.807) is 0 Å². The van der Waals surface area contributed by atoms with Crippen molar-refractivity contribution in [2.75, 3.05) is 31.1 Å². The summed E-state index contributed by atoms with van der Waals surface area (Å²) in [7, 11) is 0. The van der Waals surface area contributed by atoms with Crippen molar-refractivity contribution in [1.29, 1.82) is 0 Å². The van der Waals surface area contributed by atoms with Gasteiger partial charge in [0.25, 0.3) is 0 Å². The Balaban J connectivity index is 1.49. The maximum absolute atomic E-state index is 12.7. The smallest absolute Gasteiger partial charge is 0.326 e. The van der Waals surface area contributed by atoms with E-state index in [1.165, 1.54) is 0 Å². The van der Waals surface area contributed by atoms with Gasteiger partial charge in [-0.05, 0) is 68.2 Å². The number of anilines is 2. The van der Waals surface area contributed by atoms with Crippen molar-refractivity contribution in [3.8, 4) is 0 Å². The van der Waals surface area contributed by atoms with Gasteiger partial charge in [0.1, 0.15) is 12.6 Å². The molecule has 0 unspecified atom stereocenters. The predicted molar refractivity (Wildman–Crippen MR) is 104 cm³/mol. The van der Waals surface area contributed by atoms with Gasteiger partial charge in [-0.25, -0.2) is 0 Å². The molecule has 0 amide bonds. The lowest BCUT2D eigenvalue weighted by molar-refractivity contribution is -0.156. The van der Waals surface area contributed by atoms with Gasteiger partial charge in [0, 0.05) is 22.9 Å². The van der Waals surface area contributed by atoms with Gasteiger partial charge in [-0.2, -0.15) is 0 Å². The van der Waals surface area contributed by atoms with E-state index in [-0.39, 0.29) is 18.6 Å². The van der Waals surface area contributed by atoms with Crippen molar-refractivity contribution in [2.24, 2.45) is 5.92 Å². The maximum Gasteiger partial charge on any atom is 0.326 e. The third kappa shape index (κ3) is 3.87. The third-order valence-electron chi connectivity index (χ3n) is 5.37. The highest BCUT2D eigenvalue weighted by Gasteiger charge is 2.36. The molecule has 0 N–H and O–H groups in total. The number of benzene rings is 2. The van der Waals surface area contributed by atoms with Gasteiger partial charge in [0.15, 0.2) is 0 Å². The number of halogens is 1. The van der Waals surface area contributed by atoms with Crippen LogP contribution in [-0.2, 0) is 9.53 Å². The van der Waals surface area contributed by atoms with Gasteiger partial charge in [-0.3, -0.25) is 9.69 Å². The molecule has 5 heteroatoms. The van der Waals surface area contributed by atoms with Gasteiger partial charge in [0.05, 0.1) is 0 Å². The van der Waals surface area contributed by atoms with Crippen molar-refractivity contribution in [2.45, 2.75) is 18.9 Å². The monoisotopic (exact) mass is 370 g/mol. The van der Waals surface area contributed by atoms with Crippen LogP contribution in [0.5, 0.6) is 0 Å². The third-order valence-corrected chi connectivity index (χ3v) is 5.62. The number of esters is 1. The lowest BCUT2D eigenvalue weighted by Gasteiger charge is -2.44. The molecule has 1 atom stereocenters. The highest BCUT2D eigenvalue weighted by atomic mass is 35.5. The van der Waals surface area contributed by atoms with Gasteiger partial charge in [-0.15, -0.1) is 0 Å². The first kappa shape index (κ1) is 17.4. The Labute approximate surface area is 159 Å². The van der Waals surface area contributed by atoms with E-state index in [1.807, 2.05) is 59.5 Å². The van der Waals surface area contributed by atoms with Crippen LogP contribution in [0, 0.1) is 5.92 Å². The summed E-state index contributed by atoms with van der Waals surface area (Å²) < 4.78 is 5.87. The quantitative estimate of drug-likeness (QED) is 0.741. The lowest BCUT2D eigenvalue weighted by Crippen LogP contribution is -2.52. The van der Waals surface area contributed by atoms with Crippen LogP contribution in [-0.4, -0.2) is 43.2 Å². The number of para-hydroxylation sites is 1. The molecule has 5 rings (SSSR count). The Hall–Kier alpha value is -2.04. The largest absolute Gasteiger partial charge is 0.459 e. The summed E-state index contributed by atoms with van der Waals surface area (Å²) in [5, 5.41) is 0.677. The minimum atomic E-state index is -0.178. The van der Waals surface area contributed by atoms with Gasteiger partial charge < -0.3 is 9.64 Å². The number of rotatable bonds is 5. The molecular formula is C21H23ClN2O2. The Kier molecular flexibility index (Phi) is 5.14. The highest BCUT2D eigenvalue weighted by molar-refractivity contribution is 6.30. The van der Waals surface area contributed by atoms with Gasteiger partial charge >= 0.3 is 5.97 Å². The standard InChI is InChI=1S/C21H23ClN2O2/c22-17-6-8-19(9-7-17)24(18-4-2-1-3-5-18)15-21(25)26-20-14-23-12-10-16(20)11-13-23/h1-9,16,20H,10-15H2/t20-/m0/s1. The minimum Gasteiger partial charge on any atom is -0.459 e. The molecule has 0 spiro atoms. The fourth-order valence-electron chi connectivity index (χ4n) is 3.94. The molecular weight excluding hydrogens is 348 g/mol. The average molecular weight is 371 g/mol. The van der Waals surface area contributed by atoms with Crippen molar-refractivity contribution in [3.63, 3.8) is 0 Å². The number of nitrogens with zero attached hydrogens (tertiary/aromatic N) is 2. The number of fused-ring (bicyclic) bond motifs is 3. The number of carbonyl (C=O) groups is 1. The molecule has 0 aliphatic carbocycles. The first-order valence-electron chi connectivity index (χ1n) is 9.19. The topological polar surface area (TPSA) is 32.8 Å². The molecule has 2 aromatic rings. The maximum atomic E-state index is 12.7. The second kappa shape index (κ2) is 7.68. The summed E-state index contributed by atoms with van der Waals surface area (Å²) in [6.45, 7) is 3.34. The predicted octanol–water partition coefficient (Wildman–Crippen LogP) is 4.12. The van der Waals surface area contributed by atoms with Crippen LogP contribution < -0.4 is 4.90 Å². The fourth-order valence-corrected chi connectivity index (χ4v) is 4.07. The molecule has 3 aliphatic heterocycles. The first-order valence-corrected chi connectivity index (χ1v) is 9.57. The summed E-state index contributed by atoms with van der Waals surface area (Å²) >= 11 is 6.02. The van der Waals surface area contributed by atoms with E-state index < -0.39 is 0 Å². The summed E-state index contributed by atoms with van der Waals surface area (Å²) in [5.74, 6) is 0.340. The van der Waals surface area contributed by atoms with Crippen molar-refractivity contribution in [1.82, 2.24) is 4.90 Å². The van der Waals surface area contributed by atoms with E-state index in [4.69, 9.17) is 16.3 Å². The summed E-state index contributed by atoms with van der Waals surface area (Å²) in [6, 6.07) is 17.4. The molecule has 3 fully saturated rings. The minimum absolute atomic E-state index is 0.0350. The molecule has 3 saturated heterocycles. The zero-order chi connectivity index (χ0) is 17.9. The zero-order valence-corrected chi connectivity index (χ0v) is 15.4. The van der Waals surface area contributed by atoms with Crippen LogP contribution in [0.1, 0.15) is 12.8 Å². The fraction of sp³-hybridized carbons (Fsp3) is 0.381. The molecule has 3 heterocycles. The molecule has 0 aromatic heterocycles. The van der Waals surface area contributed by atoms with Crippen LogP contribution in [0.2, 0.25) is 5.02 Å². The van der Waals surface area contributed by atoms with Crippen LogP contribution in [0.25, 0.3) is 0 Å². The number of carbonyl (C=O) groups excluding carboxylic acids is 1. The Bertz CT molecular complexity index is 742. The lowest BCUT2D eigenvalue weighted by atomic mass is 9.86. The first-order chi connectivity index (χ1) is 12.7. The highest BCUT2D eigenvalue weighted by Crippen LogP contribution is 2.30. The molecule has 2 aromatic carbocycles. The second-order valence-corrected chi connectivity index (χ2v) is 7.50. The number of hydrogen-bond acceptors (Lipinski definition) is 4. The van der Waals surface area contributed by atoms with E-state index in [9.17, 15) is 4.79 Å². The Morgan fingerprint density at radius 3 is 2.31 bits per heavy atom. The van der Waals surface area contributed by atoms with Crippen LogP contribution in [0.3, 0.4) is 0 Å². The summed E-state index contributed by atoms with van der Waals surface area (Å²) in [5.41, 5.74) is 1.88. The van der Waals surface area contributed by atoms with Crippen LogP contribution in [0.4, 0.5) is 11.4 Å². The average Bonchev–Trinajstić information content (AvgIpc) is 2.68. The normalized spacial score (nSPS) is 24.3. The Morgan fingerprint density at radius 1 is 1.04 bits per heavy atom. The SMILES string of the molecule is O=C(CN(c1ccccc1)c1ccc(Cl)cc1)O[C@H]1CN2CCC1CC2. The van der Waals surface area contributed by atoms with E-state index >= 15 is 0 Å². The molecule has 136 valence electrons. The van der Waals surface area contributed by atoms with Crippen LogP contribution >= 0.6 is 11.6 Å². The van der Waals surface area contributed by atoms with Crippen LogP contribution in [0.15, 0.2) is 54.6 Å². The number of piperidine rings is 3. The van der Waals surface area contributed by atoms with Gasteiger partial charge in [-0.1, -0.05) is 29.8 Å². The van der Waals surface area contributed by atoms with E-state index in [2.05, 4.69) is 4.90 Å². The van der Waals surface area contributed by atoms with Crippen molar-refractivity contribution in [3.05, 3.63) is 59.6 Å². The summed E-state index contributed by atoms with van der Waals surface area (Å²) in [6.07, 6.45) is 2.31. The second-order valence-electron chi connectivity index (χ2n) is 7.06. The molecule has 0 radical (unpaired) electrons.